The second kappa shape index (κ2) is 6.64. The molecule has 0 aliphatic heterocycles. The van der Waals surface area contributed by atoms with Crippen molar-refractivity contribution < 1.29 is 13.9 Å². The van der Waals surface area contributed by atoms with E-state index in [2.05, 4.69) is 15.3 Å². The minimum absolute atomic E-state index is 0.320. The summed E-state index contributed by atoms with van der Waals surface area (Å²) in [6.07, 6.45) is 1.81. The highest BCUT2D eigenvalue weighted by Gasteiger charge is 2.08. The van der Waals surface area contributed by atoms with Gasteiger partial charge in [-0.2, -0.15) is 0 Å². The van der Waals surface area contributed by atoms with Gasteiger partial charge in [0, 0.05) is 6.07 Å². The largest absolute Gasteiger partial charge is 0.497 e. The highest BCUT2D eigenvalue weighted by atomic mass is 16.5. The Morgan fingerprint density at radius 2 is 1.96 bits per heavy atom. The second-order valence-electron chi connectivity index (χ2n) is 5.45. The van der Waals surface area contributed by atoms with Crippen molar-refractivity contribution in [2.45, 2.75) is 13.2 Å². The molecule has 0 bridgehead atoms. The van der Waals surface area contributed by atoms with Crippen molar-refractivity contribution in [3.63, 3.8) is 0 Å². The topological polar surface area (TPSA) is 75.2 Å². The van der Waals surface area contributed by atoms with E-state index < -0.39 is 0 Å². The van der Waals surface area contributed by atoms with Gasteiger partial charge in [0.2, 0.25) is 5.89 Å². The predicted molar refractivity (Wildman–Crippen MR) is 90.5 cm³/mol. The van der Waals surface area contributed by atoms with Crippen LogP contribution in [0.5, 0.6) is 11.5 Å². The van der Waals surface area contributed by atoms with Crippen LogP contribution in [-0.2, 0) is 13.2 Å². The van der Waals surface area contributed by atoms with Crippen LogP contribution in [0.25, 0.3) is 11.1 Å². The lowest BCUT2D eigenvalue weighted by Crippen LogP contribution is -2.00. The number of rotatable bonds is 6. The van der Waals surface area contributed by atoms with Crippen molar-refractivity contribution in [3.8, 4) is 11.5 Å². The van der Waals surface area contributed by atoms with Crippen molar-refractivity contribution in [1.82, 2.24) is 20.0 Å². The van der Waals surface area contributed by atoms with Crippen molar-refractivity contribution in [1.29, 1.82) is 0 Å². The zero-order valence-corrected chi connectivity index (χ0v) is 13.6. The van der Waals surface area contributed by atoms with Gasteiger partial charge in [-0.05, 0) is 24.3 Å². The van der Waals surface area contributed by atoms with Crippen molar-refractivity contribution in [2.75, 3.05) is 7.11 Å². The fourth-order valence-corrected chi connectivity index (χ4v) is 2.46. The molecule has 0 spiro atoms. The lowest BCUT2D eigenvalue weighted by atomic mass is 10.3. The number of hydrogen-bond acceptors (Lipinski definition) is 6. The molecule has 2 aromatic carbocycles. The Kier molecular flexibility index (Phi) is 4.04. The molecule has 0 aliphatic carbocycles. The van der Waals surface area contributed by atoms with Crippen LogP contribution in [0.3, 0.4) is 0 Å². The molecular weight excluding hydrogens is 320 g/mol. The summed E-state index contributed by atoms with van der Waals surface area (Å²) in [5.74, 6) is 2.05. The monoisotopic (exact) mass is 336 g/mol. The fourth-order valence-electron chi connectivity index (χ4n) is 2.46. The van der Waals surface area contributed by atoms with Crippen LogP contribution in [0.2, 0.25) is 0 Å². The molecule has 0 amide bonds. The molecule has 7 heteroatoms. The first kappa shape index (κ1) is 15.2. The van der Waals surface area contributed by atoms with E-state index >= 15 is 0 Å². The Bertz CT molecular complexity index is 960. The van der Waals surface area contributed by atoms with Crippen molar-refractivity contribution in [3.05, 3.63) is 66.3 Å². The van der Waals surface area contributed by atoms with Crippen LogP contribution in [0.1, 0.15) is 11.6 Å². The van der Waals surface area contributed by atoms with E-state index in [1.54, 1.807) is 11.8 Å². The third-order valence-electron chi connectivity index (χ3n) is 3.65. The third kappa shape index (κ3) is 3.45. The van der Waals surface area contributed by atoms with Crippen LogP contribution < -0.4 is 9.47 Å². The van der Waals surface area contributed by atoms with E-state index in [4.69, 9.17) is 13.9 Å². The molecule has 0 atom stereocenters. The van der Waals surface area contributed by atoms with Gasteiger partial charge in [-0.1, -0.05) is 23.4 Å². The van der Waals surface area contributed by atoms with Crippen LogP contribution in [-0.4, -0.2) is 27.1 Å². The van der Waals surface area contributed by atoms with Gasteiger partial charge >= 0.3 is 0 Å². The van der Waals surface area contributed by atoms with E-state index in [0.717, 1.165) is 22.5 Å². The molecular formula is C18H16N4O3. The van der Waals surface area contributed by atoms with Gasteiger partial charge in [0.05, 0.1) is 13.3 Å². The van der Waals surface area contributed by atoms with Crippen LogP contribution >= 0.6 is 0 Å². The summed E-state index contributed by atoms with van der Waals surface area (Å²) in [7, 11) is 1.62. The quantitative estimate of drug-likeness (QED) is 0.539. The first-order chi connectivity index (χ1) is 12.3. The SMILES string of the molecule is COc1cccc(OCc2cn(Cc3nc4ccccc4o3)nn2)c1. The smallest absolute Gasteiger partial charge is 0.217 e. The lowest BCUT2D eigenvalue weighted by Gasteiger charge is -2.05. The molecule has 126 valence electrons. The first-order valence-electron chi connectivity index (χ1n) is 7.80. The number of methoxy groups -OCH3 is 1. The second-order valence-corrected chi connectivity index (χ2v) is 5.45. The standard InChI is InChI=1S/C18H16N4O3/c1-23-14-5-4-6-15(9-14)24-12-13-10-22(21-20-13)11-18-19-16-7-2-3-8-17(16)25-18/h2-10H,11-12H2,1H3. The normalized spacial score (nSPS) is 10.9. The van der Waals surface area contributed by atoms with Gasteiger partial charge in [-0.15, -0.1) is 5.10 Å². The molecule has 25 heavy (non-hydrogen) atoms. The van der Waals surface area contributed by atoms with Crippen molar-refractivity contribution >= 4 is 11.1 Å². The number of ether oxygens (including phenoxy) is 2. The Morgan fingerprint density at radius 3 is 2.84 bits per heavy atom. The Balaban J connectivity index is 1.41. The molecule has 4 rings (SSSR count). The van der Waals surface area contributed by atoms with Gasteiger partial charge in [0.1, 0.15) is 35.9 Å². The summed E-state index contributed by atoms with van der Waals surface area (Å²) < 4.78 is 18.3. The number of nitrogens with zero attached hydrogens (tertiary/aromatic N) is 4. The molecule has 0 unspecified atom stereocenters. The molecule has 0 fully saturated rings. The number of fused-ring (bicyclic) bond motifs is 1. The minimum atomic E-state index is 0.320. The highest BCUT2D eigenvalue weighted by Crippen LogP contribution is 2.20. The molecule has 0 saturated heterocycles. The Morgan fingerprint density at radius 1 is 1.08 bits per heavy atom. The van der Waals surface area contributed by atoms with E-state index in [-0.39, 0.29) is 0 Å². The maximum absolute atomic E-state index is 5.71. The minimum Gasteiger partial charge on any atom is -0.497 e. The lowest BCUT2D eigenvalue weighted by molar-refractivity contribution is 0.298. The van der Waals surface area contributed by atoms with Gasteiger partial charge < -0.3 is 13.9 Å². The average molecular weight is 336 g/mol. The molecule has 7 nitrogen and oxygen atoms in total. The van der Waals surface area contributed by atoms with Crippen LogP contribution in [0.15, 0.2) is 59.1 Å². The highest BCUT2D eigenvalue weighted by molar-refractivity contribution is 5.72. The number of aromatic nitrogens is 4. The van der Waals surface area contributed by atoms with Gasteiger partial charge in [0.15, 0.2) is 5.58 Å². The summed E-state index contributed by atoms with van der Waals surface area (Å²) >= 11 is 0. The summed E-state index contributed by atoms with van der Waals surface area (Å²) in [4.78, 5) is 4.43. The summed E-state index contributed by atoms with van der Waals surface area (Å²) in [5.41, 5.74) is 2.32. The zero-order valence-electron chi connectivity index (χ0n) is 13.6. The number of hydrogen-bond donors (Lipinski definition) is 0. The first-order valence-corrected chi connectivity index (χ1v) is 7.80. The maximum Gasteiger partial charge on any atom is 0.217 e. The van der Waals surface area contributed by atoms with Gasteiger partial charge in [-0.25, -0.2) is 9.67 Å². The molecule has 4 aromatic rings. The molecule has 0 N–H and O–H groups in total. The van der Waals surface area contributed by atoms with Gasteiger partial charge in [-0.3, -0.25) is 0 Å². The Labute approximate surface area is 143 Å². The third-order valence-corrected chi connectivity index (χ3v) is 3.65. The average Bonchev–Trinajstić information content (AvgIpc) is 3.26. The van der Waals surface area contributed by atoms with Crippen molar-refractivity contribution in [2.24, 2.45) is 0 Å². The van der Waals surface area contributed by atoms with E-state index in [0.29, 0.717) is 24.8 Å². The number of para-hydroxylation sites is 2. The van der Waals surface area contributed by atoms with Crippen LogP contribution in [0, 0.1) is 0 Å². The molecule has 2 heterocycles. The summed E-state index contributed by atoms with van der Waals surface area (Å²) in [5, 5.41) is 8.20. The summed E-state index contributed by atoms with van der Waals surface area (Å²) in [6, 6.07) is 15.1. The fraction of sp³-hybridized carbons (Fsp3) is 0.167. The zero-order chi connectivity index (χ0) is 17.1. The van der Waals surface area contributed by atoms with Crippen LogP contribution in [0.4, 0.5) is 0 Å². The van der Waals surface area contributed by atoms with E-state index in [9.17, 15) is 0 Å². The van der Waals surface area contributed by atoms with E-state index in [1.807, 2.05) is 54.7 Å². The maximum atomic E-state index is 5.71. The predicted octanol–water partition coefficient (Wildman–Crippen LogP) is 3.06. The van der Waals surface area contributed by atoms with E-state index in [1.165, 1.54) is 0 Å². The number of benzene rings is 2. The molecule has 0 aliphatic rings. The molecule has 2 aromatic heterocycles. The number of oxazole rings is 1. The molecule has 0 saturated carbocycles. The summed E-state index contributed by atoms with van der Waals surface area (Å²) in [6.45, 7) is 0.738. The Hall–Kier alpha value is -3.35. The molecule has 0 radical (unpaired) electrons. The van der Waals surface area contributed by atoms with Gasteiger partial charge in [0.25, 0.3) is 0 Å².